The molecular weight excluding hydrogens is 220 g/mol. The van der Waals surface area contributed by atoms with Crippen LogP contribution in [0.3, 0.4) is 0 Å². The van der Waals surface area contributed by atoms with Gasteiger partial charge in [-0.3, -0.25) is 9.59 Å². The lowest BCUT2D eigenvalue weighted by molar-refractivity contribution is -0.170. The van der Waals surface area contributed by atoms with Crippen molar-refractivity contribution in [2.75, 3.05) is 19.8 Å². The Balaban J connectivity index is 2.07. The summed E-state index contributed by atoms with van der Waals surface area (Å²) in [6.07, 6.45) is 4.33. The van der Waals surface area contributed by atoms with E-state index in [1.807, 2.05) is 0 Å². The summed E-state index contributed by atoms with van der Waals surface area (Å²) in [5.74, 6) is 0.323. The summed E-state index contributed by atoms with van der Waals surface area (Å²) in [5.41, 5.74) is -1.00. The van der Waals surface area contributed by atoms with Crippen molar-refractivity contribution in [1.29, 1.82) is 0 Å². The fourth-order valence-electron chi connectivity index (χ4n) is 2.34. The first-order chi connectivity index (χ1) is 8.19. The maximum Gasteiger partial charge on any atom is 0.322 e. The van der Waals surface area contributed by atoms with Crippen LogP contribution in [0.1, 0.15) is 39.0 Å². The van der Waals surface area contributed by atoms with E-state index >= 15 is 0 Å². The van der Waals surface area contributed by atoms with E-state index in [1.165, 1.54) is 12.8 Å². The second-order valence-corrected chi connectivity index (χ2v) is 5.01. The first kappa shape index (κ1) is 12.6. The van der Waals surface area contributed by atoms with Gasteiger partial charge in [0.2, 0.25) is 0 Å². The molecule has 1 atom stereocenters. The molecule has 0 aromatic rings. The largest absolute Gasteiger partial charge is 0.465 e. The highest BCUT2D eigenvalue weighted by Crippen LogP contribution is 2.40. The molecule has 1 saturated heterocycles. The zero-order valence-electron chi connectivity index (χ0n) is 10.4. The Bertz CT molecular complexity index is 309. The van der Waals surface area contributed by atoms with Gasteiger partial charge in [-0.1, -0.05) is 12.8 Å². The van der Waals surface area contributed by atoms with Gasteiger partial charge in [0.25, 0.3) is 0 Å². The Labute approximate surface area is 102 Å². The standard InChI is InChI=1S/C13H20O4/c1-2-17-12(15)13(7-5-10-3-4-10)9-16-8-6-11(13)14/h10H,2-9H2,1H3. The van der Waals surface area contributed by atoms with Crippen LogP contribution in [0, 0.1) is 11.3 Å². The second-order valence-electron chi connectivity index (χ2n) is 5.01. The first-order valence-corrected chi connectivity index (χ1v) is 6.47. The zero-order chi connectivity index (χ0) is 12.3. The van der Waals surface area contributed by atoms with Gasteiger partial charge in [0.15, 0.2) is 5.78 Å². The first-order valence-electron chi connectivity index (χ1n) is 6.47. The minimum absolute atomic E-state index is 0.00264. The SMILES string of the molecule is CCOC(=O)C1(CCC2CC2)COCCC1=O. The molecule has 4 heteroatoms. The van der Waals surface area contributed by atoms with Crippen molar-refractivity contribution in [3.05, 3.63) is 0 Å². The third-order valence-electron chi connectivity index (χ3n) is 3.70. The minimum atomic E-state index is -1.00. The molecule has 2 fully saturated rings. The van der Waals surface area contributed by atoms with Crippen molar-refractivity contribution in [2.45, 2.75) is 39.0 Å². The Hall–Kier alpha value is -0.900. The molecule has 2 rings (SSSR count). The normalized spacial score (nSPS) is 29.1. The van der Waals surface area contributed by atoms with E-state index in [2.05, 4.69) is 0 Å². The Morgan fingerprint density at radius 2 is 2.29 bits per heavy atom. The van der Waals surface area contributed by atoms with Crippen molar-refractivity contribution < 1.29 is 19.1 Å². The maximum atomic E-state index is 12.1. The third-order valence-corrected chi connectivity index (χ3v) is 3.70. The van der Waals surface area contributed by atoms with Gasteiger partial charge >= 0.3 is 5.97 Å². The van der Waals surface area contributed by atoms with Gasteiger partial charge in [-0.2, -0.15) is 0 Å². The Kier molecular flexibility index (Phi) is 3.82. The van der Waals surface area contributed by atoms with Crippen molar-refractivity contribution >= 4 is 11.8 Å². The van der Waals surface area contributed by atoms with Crippen LogP contribution >= 0.6 is 0 Å². The summed E-state index contributed by atoms with van der Waals surface area (Å²) < 4.78 is 10.4. The molecule has 0 aromatic heterocycles. The molecule has 17 heavy (non-hydrogen) atoms. The molecule has 0 N–H and O–H groups in total. The predicted molar refractivity (Wildman–Crippen MR) is 61.5 cm³/mol. The Morgan fingerprint density at radius 3 is 2.88 bits per heavy atom. The van der Waals surface area contributed by atoms with Crippen LogP contribution in [0.4, 0.5) is 0 Å². The smallest absolute Gasteiger partial charge is 0.322 e. The van der Waals surface area contributed by atoms with Crippen LogP contribution in [0.25, 0.3) is 0 Å². The maximum absolute atomic E-state index is 12.1. The van der Waals surface area contributed by atoms with Gasteiger partial charge in [-0.15, -0.1) is 0 Å². The minimum Gasteiger partial charge on any atom is -0.465 e. The van der Waals surface area contributed by atoms with Crippen LogP contribution in [-0.4, -0.2) is 31.6 Å². The highest BCUT2D eigenvalue weighted by molar-refractivity contribution is 6.04. The highest BCUT2D eigenvalue weighted by Gasteiger charge is 2.49. The second kappa shape index (κ2) is 5.17. The van der Waals surface area contributed by atoms with Gasteiger partial charge < -0.3 is 9.47 Å². The molecule has 2 aliphatic rings. The topological polar surface area (TPSA) is 52.6 Å². The Morgan fingerprint density at radius 1 is 1.53 bits per heavy atom. The molecule has 96 valence electrons. The molecule has 4 nitrogen and oxygen atoms in total. The zero-order valence-corrected chi connectivity index (χ0v) is 10.4. The number of rotatable bonds is 5. The van der Waals surface area contributed by atoms with Gasteiger partial charge in [0.1, 0.15) is 5.41 Å². The van der Waals surface area contributed by atoms with E-state index in [4.69, 9.17) is 9.47 Å². The molecule has 1 heterocycles. The summed E-state index contributed by atoms with van der Waals surface area (Å²) in [6.45, 7) is 2.72. The lowest BCUT2D eigenvalue weighted by Crippen LogP contribution is -2.48. The fourth-order valence-corrected chi connectivity index (χ4v) is 2.34. The van der Waals surface area contributed by atoms with E-state index < -0.39 is 5.41 Å². The molecule has 0 spiro atoms. The number of hydrogen-bond donors (Lipinski definition) is 0. The summed E-state index contributed by atoms with van der Waals surface area (Å²) in [5, 5.41) is 0. The van der Waals surface area contributed by atoms with Gasteiger partial charge in [-0.25, -0.2) is 0 Å². The van der Waals surface area contributed by atoms with Crippen molar-refractivity contribution in [3.8, 4) is 0 Å². The summed E-state index contributed by atoms with van der Waals surface area (Å²) >= 11 is 0. The van der Waals surface area contributed by atoms with E-state index in [0.717, 1.165) is 6.42 Å². The fraction of sp³-hybridized carbons (Fsp3) is 0.846. The summed E-state index contributed by atoms with van der Waals surface area (Å²) in [7, 11) is 0. The van der Waals surface area contributed by atoms with Crippen LogP contribution in [0.15, 0.2) is 0 Å². The monoisotopic (exact) mass is 240 g/mol. The van der Waals surface area contributed by atoms with Gasteiger partial charge in [-0.05, 0) is 25.7 Å². The van der Waals surface area contributed by atoms with Crippen molar-refractivity contribution in [1.82, 2.24) is 0 Å². The van der Waals surface area contributed by atoms with E-state index in [9.17, 15) is 9.59 Å². The van der Waals surface area contributed by atoms with E-state index in [-0.39, 0.29) is 18.4 Å². The molecule has 1 aliphatic carbocycles. The molecule has 0 radical (unpaired) electrons. The molecule has 0 aromatic carbocycles. The lowest BCUT2D eigenvalue weighted by Gasteiger charge is -2.33. The van der Waals surface area contributed by atoms with Crippen LogP contribution < -0.4 is 0 Å². The van der Waals surface area contributed by atoms with Crippen LogP contribution in [0.2, 0.25) is 0 Å². The van der Waals surface area contributed by atoms with Crippen molar-refractivity contribution in [2.24, 2.45) is 11.3 Å². The average molecular weight is 240 g/mol. The number of ketones is 1. The predicted octanol–water partition coefficient (Wildman–Crippen LogP) is 1.72. The lowest BCUT2D eigenvalue weighted by atomic mass is 9.76. The number of carbonyl (C=O) groups excluding carboxylic acids is 2. The van der Waals surface area contributed by atoms with E-state index in [0.29, 0.717) is 32.0 Å². The van der Waals surface area contributed by atoms with Crippen LogP contribution in [-0.2, 0) is 19.1 Å². The molecule has 0 bridgehead atoms. The van der Waals surface area contributed by atoms with Crippen LogP contribution in [0.5, 0.6) is 0 Å². The molecule has 1 unspecified atom stereocenters. The van der Waals surface area contributed by atoms with Crippen molar-refractivity contribution in [3.63, 3.8) is 0 Å². The highest BCUT2D eigenvalue weighted by atomic mass is 16.5. The summed E-state index contributed by atoms with van der Waals surface area (Å²) in [4.78, 5) is 24.1. The third kappa shape index (κ3) is 2.68. The molecular formula is C13H20O4. The quantitative estimate of drug-likeness (QED) is 0.542. The van der Waals surface area contributed by atoms with E-state index in [1.54, 1.807) is 6.92 Å². The van der Waals surface area contributed by atoms with Gasteiger partial charge in [0, 0.05) is 6.42 Å². The van der Waals surface area contributed by atoms with Gasteiger partial charge in [0.05, 0.1) is 19.8 Å². The number of hydrogen-bond acceptors (Lipinski definition) is 4. The number of esters is 1. The number of carbonyl (C=O) groups is 2. The number of ether oxygens (including phenoxy) is 2. The molecule has 0 amide bonds. The molecule has 1 saturated carbocycles. The summed E-state index contributed by atoms with van der Waals surface area (Å²) in [6, 6.07) is 0. The molecule has 1 aliphatic heterocycles. The number of Topliss-reactive ketones (excluding diaryl/α,β-unsaturated/α-hetero) is 1. The average Bonchev–Trinajstić information content (AvgIpc) is 3.12.